The quantitative estimate of drug-likeness (QED) is 0.584. The summed E-state index contributed by atoms with van der Waals surface area (Å²) in [6, 6.07) is 9.92. The lowest BCUT2D eigenvalue weighted by Crippen LogP contribution is -2.47. The molecule has 3 rings (SSSR count). The van der Waals surface area contributed by atoms with Crippen LogP contribution in [-0.4, -0.2) is 39.9 Å². The number of nitrogens with one attached hydrogen (secondary N) is 1. The zero-order valence-corrected chi connectivity index (χ0v) is 18.3. The lowest BCUT2D eigenvalue weighted by atomic mass is 10.1. The van der Waals surface area contributed by atoms with E-state index >= 15 is 0 Å². The predicted octanol–water partition coefficient (Wildman–Crippen LogP) is 3.56. The summed E-state index contributed by atoms with van der Waals surface area (Å²) in [4.78, 5) is 16.9. The molecule has 0 aliphatic rings. The number of amides is 1. The minimum atomic E-state index is -1.06. The zero-order chi connectivity index (χ0) is 21.7. The van der Waals surface area contributed by atoms with Gasteiger partial charge in [0.25, 0.3) is 5.91 Å². The number of hydrogen-bond donors (Lipinski definition) is 1. The summed E-state index contributed by atoms with van der Waals surface area (Å²) in [6.45, 7) is 9.26. The molecular formula is C23H30N4O3. The summed E-state index contributed by atoms with van der Waals surface area (Å²) in [5.41, 5.74) is 1.90. The maximum atomic E-state index is 12.7. The van der Waals surface area contributed by atoms with Crippen molar-refractivity contribution in [3.05, 3.63) is 53.9 Å². The normalized spacial score (nSPS) is 11.8. The molecule has 0 saturated heterocycles. The first-order valence-electron chi connectivity index (χ1n) is 10.1. The molecule has 0 radical (unpaired) electrons. The average molecular weight is 411 g/mol. The highest BCUT2D eigenvalue weighted by atomic mass is 16.5. The lowest BCUT2D eigenvalue weighted by Gasteiger charge is -2.24. The van der Waals surface area contributed by atoms with Crippen LogP contribution >= 0.6 is 0 Å². The maximum absolute atomic E-state index is 12.7. The van der Waals surface area contributed by atoms with E-state index in [0.29, 0.717) is 31.5 Å². The van der Waals surface area contributed by atoms with Gasteiger partial charge in [-0.2, -0.15) is 0 Å². The molecule has 1 N–H and O–H groups in total. The Kier molecular flexibility index (Phi) is 6.72. The number of carbonyl (C=O) groups excluding carboxylic acids is 1. The number of aromatic nitrogens is 3. The van der Waals surface area contributed by atoms with Crippen molar-refractivity contribution in [1.82, 2.24) is 20.1 Å². The van der Waals surface area contributed by atoms with Gasteiger partial charge in [0.2, 0.25) is 5.88 Å². The molecule has 7 nitrogen and oxygen atoms in total. The van der Waals surface area contributed by atoms with Gasteiger partial charge in [-0.1, -0.05) is 26.0 Å². The minimum absolute atomic E-state index is 0.167. The van der Waals surface area contributed by atoms with Crippen LogP contribution in [0.2, 0.25) is 0 Å². The van der Waals surface area contributed by atoms with Gasteiger partial charge in [0.15, 0.2) is 5.60 Å². The molecule has 7 heteroatoms. The van der Waals surface area contributed by atoms with E-state index in [4.69, 9.17) is 14.6 Å². The second-order valence-electron chi connectivity index (χ2n) is 8.32. The van der Waals surface area contributed by atoms with E-state index in [1.165, 1.54) is 0 Å². The number of pyridine rings is 1. The molecule has 0 unspecified atom stereocenters. The Morgan fingerprint density at radius 1 is 1.23 bits per heavy atom. The molecule has 160 valence electrons. The van der Waals surface area contributed by atoms with Crippen molar-refractivity contribution in [3.8, 4) is 5.88 Å². The SMILES string of the molecule is COCc1ccc2c(c1)c(OC(C)(C)C(=O)NCC(C)C)nn2Cc1cccnc1. The molecule has 0 spiro atoms. The van der Waals surface area contributed by atoms with Gasteiger partial charge >= 0.3 is 0 Å². The fourth-order valence-corrected chi connectivity index (χ4v) is 3.11. The number of methoxy groups -OCH3 is 1. The summed E-state index contributed by atoms with van der Waals surface area (Å²) < 4.78 is 13.3. The van der Waals surface area contributed by atoms with Crippen molar-refractivity contribution in [2.75, 3.05) is 13.7 Å². The molecule has 30 heavy (non-hydrogen) atoms. The number of fused-ring (bicyclic) bond motifs is 1. The lowest BCUT2D eigenvalue weighted by molar-refractivity contribution is -0.134. The van der Waals surface area contributed by atoms with Crippen LogP contribution in [0.3, 0.4) is 0 Å². The largest absolute Gasteiger partial charge is 0.460 e. The van der Waals surface area contributed by atoms with Gasteiger partial charge in [0, 0.05) is 26.0 Å². The fraction of sp³-hybridized carbons (Fsp3) is 0.435. The van der Waals surface area contributed by atoms with Crippen LogP contribution in [0.4, 0.5) is 0 Å². The molecular weight excluding hydrogens is 380 g/mol. The summed E-state index contributed by atoms with van der Waals surface area (Å²) in [7, 11) is 1.66. The van der Waals surface area contributed by atoms with Gasteiger partial charge in [0.1, 0.15) is 0 Å². The number of rotatable bonds is 9. The second-order valence-corrected chi connectivity index (χ2v) is 8.32. The van der Waals surface area contributed by atoms with Crippen LogP contribution in [0.25, 0.3) is 10.9 Å². The smallest absolute Gasteiger partial charge is 0.263 e. The number of carbonyl (C=O) groups is 1. The van der Waals surface area contributed by atoms with Gasteiger partial charge in [0.05, 0.1) is 24.1 Å². The minimum Gasteiger partial charge on any atom is -0.460 e. The Hall–Kier alpha value is -2.93. The van der Waals surface area contributed by atoms with Crippen LogP contribution in [0.15, 0.2) is 42.7 Å². The molecule has 0 atom stereocenters. The monoisotopic (exact) mass is 410 g/mol. The molecule has 1 aromatic carbocycles. The van der Waals surface area contributed by atoms with Crippen molar-refractivity contribution >= 4 is 16.8 Å². The molecule has 1 amide bonds. The Morgan fingerprint density at radius 2 is 2.03 bits per heavy atom. The van der Waals surface area contributed by atoms with E-state index in [0.717, 1.165) is 22.0 Å². The third-order valence-corrected chi connectivity index (χ3v) is 4.72. The van der Waals surface area contributed by atoms with Crippen LogP contribution in [0.1, 0.15) is 38.8 Å². The van der Waals surface area contributed by atoms with Crippen LogP contribution in [0, 0.1) is 5.92 Å². The Labute approximate surface area is 177 Å². The van der Waals surface area contributed by atoms with Gasteiger partial charge in [-0.3, -0.25) is 14.5 Å². The Bertz CT molecular complexity index is 996. The topological polar surface area (TPSA) is 78.3 Å². The number of hydrogen-bond acceptors (Lipinski definition) is 5. The Balaban J connectivity index is 1.95. The first kappa shape index (κ1) is 21.8. The summed E-state index contributed by atoms with van der Waals surface area (Å²) >= 11 is 0. The molecule has 2 aromatic heterocycles. The summed E-state index contributed by atoms with van der Waals surface area (Å²) in [6.07, 6.45) is 3.56. The number of nitrogens with zero attached hydrogens (tertiary/aromatic N) is 3. The van der Waals surface area contributed by atoms with Crippen molar-refractivity contribution in [2.24, 2.45) is 5.92 Å². The van der Waals surface area contributed by atoms with Crippen molar-refractivity contribution in [2.45, 2.75) is 46.4 Å². The van der Waals surface area contributed by atoms with Crippen LogP contribution < -0.4 is 10.1 Å². The van der Waals surface area contributed by atoms with Gasteiger partial charge < -0.3 is 14.8 Å². The number of benzene rings is 1. The third-order valence-electron chi connectivity index (χ3n) is 4.72. The van der Waals surface area contributed by atoms with E-state index in [-0.39, 0.29) is 5.91 Å². The third kappa shape index (κ3) is 5.16. The van der Waals surface area contributed by atoms with Gasteiger partial charge in [-0.15, -0.1) is 5.10 Å². The fourth-order valence-electron chi connectivity index (χ4n) is 3.11. The van der Waals surface area contributed by atoms with Gasteiger partial charge in [-0.25, -0.2) is 0 Å². The van der Waals surface area contributed by atoms with E-state index in [1.807, 2.05) is 41.2 Å². The van der Waals surface area contributed by atoms with Gasteiger partial charge in [-0.05, 0) is 49.1 Å². The standard InChI is InChI=1S/C23H30N4O3/c1-16(2)12-25-22(28)23(3,4)30-21-19-11-17(15-29-5)8-9-20(19)27(26-21)14-18-7-6-10-24-13-18/h6-11,13,16H,12,14-15H2,1-5H3,(H,25,28). The Morgan fingerprint density at radius 3 is 2.70 bits per heavy atom. The molecule has 2 heterocycles. The molecule has 0 bridgehead atoms. The summed E-state index contributed by atoms with van der Waals surface area (Å²) in [5, 5.41) is 8.48. The highest BCUT2D eigenvalue weighted by molar-refractivity contribution is 5.88. The molecule has 0 saturated carbocycles. The average Bonchev–Trinajstić information content (AvgIpc) is 3.03. The highest BCUT2D eigenvalue weighted by Crippen LogP contribution is 2.30. The van der Waals surface area contributed by atoms with E-state index in [9.17, 15) is 4.79 Å². The van der Waals surface area contributed by atoms with E-state index in [1.54, 1.807) is 27.2 Å². The zero-order valence-electron chi connectivity index (χ0n) is 18.3. The van der Waals surface area contributed by atoms with E-state index < -0.39 is 5.60 Å². The maximum Gasteiger partial charge on any atom is 0.263 e. The first-order chi connectivity index (χ1) is 14.3. The highest BCUT2D eigenvalue weighted by Gasteiger charge is 2.32. The van der Waals surface area contributed by atoms with E-state index in [2.05, 4.69) is 24.1 Å². The van der Waals surface area contributed by atoms with Crippen molar-refractivity contribution in [1.29, 1.82) is 0 Å². The molecule has 0 aliphatic heterocycles. The summed E-state index contributed by atoms with van der Waals surface area (Å²) in [5.74, 6) is 0.622. The number of ether oxygens (including phenoxy) is 2. The van der Waals surface area contributed by atoms with Crippen LogP contribution in [-0.2, 0) is 22.7 Å². The second kappa shape index (κ2) is 9.26. The van der Waals surface area contributed by atoms with Crippen LogP contribution in [0.5, 0.6) is 5.88 Å². The molecule has 0 fully saturated rings. The molecule has 0 aliphatic carbocycles. The molecule has 3 aromatic rings. The van der Waals surface area contributed by atoms with Crippen molar-refractivity contribution in [3.63, 3.8) is 0 Å². The predicted molar refractivity (Wildman–Crippen MR) is 116 cm³/mol. The first-order valence-corrected chi connectivity index (χ1v) is 10.1. The van der Waals surface area contributed by atoms with Crippen molar-refractivity contribution < 1.29 is 14.3 Å².